The standard InChI is InChI=1S/C6H13O2/c1-3-8-5-4-6(2)7/h6H,3-5H2,1-2H3. The van der Waals surface area contributed by atoms with Gasteiger partial charge >= 0.3 is 0 Å². The van der Waals surface area contributed by atoms with Crippen LogP contribution in [0.2, 0.25) is 0 Å². The SMILES string of the molecule is CCOCCC(C)[O]. The molecule has 0 aliphatic heterocycles. The van der Waals surface area contributed by atoms with Crippen molar-refractivity contribution >= 4 is 0 Å². The molecular weight excluding hydrogens is 104 g/mol. The van der Waals surface area contributed by atoms with Crippen LogP contribution >= 0.6 is 0 Å². The summed E-state index contributed by atoms with van der Waals surface area (Å²) >= 11 is 0. The van der Waals surface area contributed by atoms with Crippen LogP contribution in [0.4, 0.5) is 0 Å². The van der Waals surface area contributed by atoms with Crippen molar-refractivity contribution in [1.82, 2.24) is 0 Å². The van der Waals surface area contributed by atoms with Crippen LogP contribution in [-0.2, 0) is 9.84 Å². The minimum absolute atomic E-state index is 0.471. The summed E-state index contributed by atoms with van der Waals surface area (Å²) in [5, 5.41) is 10.3. The molecule has 0 rings (SSSR count). The van der Waals surface area contributed by atoms with Crippen molar-refractivity contribution in [2.45, 2.75) is 26.4 Å². The molecular formula is C6H13O2. The van der Waals surface area contributed by atoms with E-state index in [9.17, 15) is 5.11 Å². The predicted octanol–water partition coefficient (Wildman–Crippen LogP) is 1.23. The predicted molar refractivity (Wildman–Crippen MR) is 31.3 cm³/mol. The Morgan fingerprint density at radius 3 is 2.62 bits per heavy atom. The Morgan fingerprint density at radius 2 is 2.25 bits per heavy atom. The second-order valence-corrected chi connectivity index (χ2v) is 1.80. The average Bonchev–Trinajstić information content (AvgIpc) is 1.66. The molecule has 0 spiro atoms. The zero-order valence-electron chi connectivity index (χ0n) is 5.52. The van der Waals surface area contributed by atoms with E-state index in [2.05, 4.69) is 0 Å². The Morgan fingerprint density at radius 1 is 1.62 bits per heavy atom. The van der Waals surface area contributed by atoms with Gasteiger partial charge in [-0.25, -0.2) is 5.11 Å². The molecule has 8 heavy (non-hydrogen) atoms. The van der Waals surface area contributed by atoms with E-state index in [1.165, 1.54) is 0 Å². The van der Waals surface area contributed by atoms with Crippen LogP contribution in [0.15, 0.2) is 0 Å². The van der Waals surface area contributed by atoms with E-state index in [0.717, 1.165) is 0 Å². The van der Waals surface area contributed by atoms with Crippen molar-refractivity contribution in [3.63, 3.8) is 0 Å². The molecule has 0 amide bonds. The molecule has 0 saturated heterocycles. The normalized spacial score (nSPS) is 13.9. The van der Waals surface area contributed by atoms with E-state index in [0.29, 0.717) is 19.6 Å². The summed E-state index contributed by atoms with van der Waals surface area (Å²) in [7, 11) is 0. The maximum Gasteiger partial charge on any atom is 0.0924 e. The molecule has 0 N–H and O–H groups in total. The molecule has 0 saturated carbocycles. The number of hydrogen-bond acceptors (Lipinski definition) is 1. The maximum atomic E-state index is 10.3. The number of hydrogen-bond donors (Lipinski definition) is 0. The van der Waals surface area contributed by atoms with Gasteiger partial charge in [0.2, 0.25) is 0 Å². The molecule has 0 aliphatic rings. The van der Waals surface area contributed by atoms with Crippen LogP contribution in [0.5, 0.6) is 0 Å². The highest BCUT2D eigenvalue weighted by Gasteiger charge is 1.94. The molecule has 0 fully saturated rings. The van der Waals surface area contributed by atoms with E-state index in [4.69, 9.17) is 4.74 Å². The highest BCUT2D eigenvalue weighted by Crippen LogP contribution is 1.89. The summed E-state index contributed by atoms with van der Waals surface area (Å²) in [6.07, 6.45) is 0.162. The molecule has 0 bridgehead atoms. The first-order chi connectivity index (χ1) is 3.77. The minimum atomic E-state index is -0.471. The first-order valence-corrected chi connectivity index (χ1v) is 3.01. The van der Waals surface area contributed by atoms with Crippen LogP contribution in [0.3, 0.4) is 0 Å². The zero-order chi connectivity index (χ0) is 6.41. The van der Waals surface area contributed by atoms with Crippen molar-refractivity contribution in [3.05, 3.63) is 0 Å². The molecule has 49 valence electrons. The lowest BCUT2D eigenvalue weighted by atomic mass is 10.3. The quantitative estimate of drug-likeness (QED) is 0.509. The van der Waals surface area contributed by atoms with Gasteiger partial charge in [-0.15, -0.1) is 0 Å². The summed E-state index contributed by atoms with van der Waals surface area (Å²) in [6.45, 7) is 4.91. The average molecular weight is 117 g/mol. The van der Waals surface area contributed by atoms with E-state index < -0.39 is 6.10 Å². The summed E-state index contributed by atoms with van der Waals surface area (Å²) in [6, 6.07) is 0. The largest absolute Gasteiger partial charge is 0.382 e. The molecule has 1 unspecified atom stereocenters. The third kappa shape index (κ3) is 5.92. The van der Waals surface area contributed by atoms with Crippen molar-refractivity contribution in [1.29, 1.82) is 0 Å². The van der Waals surface area contributed by atoms with Crippen molar-refractivity contribution in [2.24, 2.45) is 0 Å². The Balaban J connectivity index is 2.72. The van der Waals surface area contributed by atoms with Gasteiger partial charge in [0.05, 0.1) is 6.10 Å². The third-order valence-electron chi connectivity index (χ3n) is 0.873. The van der Waals surface area contributed by atoms with E-state index in [-0.39, 0.29) is 0 Å². The fourth-order valence-corrected chi connectivity index (χ4v) is 0.394. The lowest BCUT2D eigenvalue weighted by Gasteiger charge is -1.99. The van der Waals surface area contributed by atoms with Crippen LogP contribution < -0.4 is 0 Å². The lowest BCUT2D eigenvalue weighted by Crippen LogP contribution is -2.03. The number of ether oxygens (including phenoxy) is 1. The Kier molecular flexibility index (Phi) is 5.01. The number of rotatable bonds is 4. The third-order valence-corrected chi connectivity index (χ3v) is 0.873. The summed E-state index contributed by atoms with van der Waals surface area (Å²) in [5.74, 6) is 0. The molecule has 0 heterocycles. The van der Waals surface area contributed by atoms with Gasteiger partial charge in [0.1, 0.15) is 0 Å². The molecule has 0 aromatic heterocycles. The van der Waals surface area contributed by atoms with Gasteiger partial charge in [-0.1, -0.05) is 0 Å². The van der Waals surface area contributed by atoms with Crippen molar-refractivity contribution in [3.8, 4) is 0 Å². The highest BCUT2D eigenvalue weighted by atomic mass is 16.5. The Hall–Kier alpha value is -0.0800. The van der Waals surface area contributed by atoms with Gasteiger partial charge in [0.25, 0.3) is 0 Å². The van der Waals surface area contributed by atoms with Crippen LogP contribution in [0.25, 0.3) is 0 Å². The monoisotopic (exact) mass is 117 g/mol. The highest BCUT2D eigenvalue weighted by molar-refractivity contribution is 4.42. The van der Waals surface area contributed by atoms with E-state index in [1.54, 1.807) is 6.92 Å². The molecule has 0 aromatic rings. The van der Waals surface area contributed by atoms with Crippen LogP contribution in [-0.4, -0.2) is 19.3 Å². The fraction of sp³-hybridized carbons (Fsp3) is 1.00. The first-order valence-electron chi connectivity index (χ1n) is 3.01. The first kappa shape index (κ1) is 7.92. The van der Waals surface area contributed by atoms with Crippen molar-refractivity contribution < 1.29 is 9.84 Å². The topological polar surface area (TPSA) is 29.1 Å². The van der Waals surface area contributed by atoms with E-state index >= 15 is 0 Å². The summed E-state index contributed by atoms with van der Waals surface area (Å²) in [5.41, 5.74) is 0. The molecule has 0 aliphatic carbocycles. The second kappa shape index (κ2) is 5.06. The summed E-state index contributed by atoms with van der Waals surface area (Å²) in [4.78, 5) is 0. The fourth-order valence-electron chi connectivity index (χ4n) is 0.394. The van der Waals surface area contributed by atoms with Gasteiger partial charge in [-0.3, -0.25) is 0 Å². The molecule has 2 heteroatoms. The Labute approximate surface area is 50.5 Å². The van der Waals surface area contributed by atoms with Gasteiger partial charge in [-0.2, -0.15) is 0 Å². The second-order valence-electron chi connectivity index (χ2n) is 1.80. The Bertz CT molecular complexity index is 43.8. The maximum absolute atomic E-state index is 10.3. The molecule has 0 aromatic carbocycles. The molecule has 1 atom stereocenters. The summed E-state index contributed by atoms with van der Waals surface area (Å²) < 4.78 is 4.94. The van der Waals surface area contributed by atoms with Gasteiger partial charge in [0.15, 0.2) is 0 Å². The van der Waals surface area contributed by atoms with Crippen molar-refractivity contribution in [2.75, 3.05) is 13.2 Å². The van der Waals surface area contributed by atoms with Crippen LogP contribution in [0, 0.1) is 0 Å². The van der Waals surface area contributed by atoms with Gasteiger partial charge in [0, 0.05) is 13.2 Å². The van der Waals surface area contributed by atoms with E-state index in [1.807, 2.05) is 6.92 Å². The zero-order valence-corrected chi connectivity index (χ0v) is 5.52. The smallest absolute Gasteiger partial charge is 0.0924 e. The minimum Gasteiger partial charge on any atom is -0.382 e. The molecule has 1 radical (unpaired) electrons. The lowest BCUT2D eigenvalue weighted by molar-refractivity contribution is 0.0559. The molecule has 2 nitrogen and oxygen atoms in total. The van der Waals surface area contributed by atoms with Crippen LogP contribution in [0.1, 0.15) is 20.3 Å². The van der Waals surface area contributed by atoms with Gasteiger partial charge in [-0.05, 0) is 20.3 Å². The van der Waals surface area contributed by atoms with Gasteiger partial charge < -0.3 is 4.74 Å².